The molecule has 0 atom stereocenters. The molecule has 2 aromatic heterocycles. The van der Waals surface area contributed by atoms with Crippen molar-refractivity contribution >= 4 is 30.0 Å². The van der Waals surface area contributed by atoms with Gasteiger partial charge < -0.3 is 0 Å². The number of aromatic nitrogens is 1. The van der Waals surface area contributed by atoms with Crippen LogP contribution in [0.4, 0.5) is 5.69 Å². The SMILES string of the molecule is Nc1ccnc2[se]ccc12. The molecule has 10 heavy (non-hydrogen) atoms. The molecule has 0 aromatic carbocycles. The summed E-state index contributed by atoms with van der Waals surface area (Å²) in [6.07, 6.45) is 1.77. The van der Waals surface area contributed by atoms with Gasteiger partial charge in [0.1, 0.15) is 0 Å². The Kier molecular flexibility index (Phi) is 1.26. The van der Waals surface area contributed by atoms with Crippen LogP contribution < -0.4 is 5.73 Å². The van der Waals surface area contributed by atoms with Crippen LogP contribution in [-0.4, -0.2) is 19.5 Å². The van der Waals surface area contributed by atoms with Gasteiger partial charge in [0.25, 0.3) is 0 Å². The van der Waals surface area contributed by atoms with Crippen molar-refractivity contribution in [3.63, 3.8) is 0 Å². The third-order valence-corrected chi connectivity index (χ3v) is 3.12. The van der Waals surface area contributed by atoms with Crippen molar-refractivity contribution in [2.24, 2.45) is 0 Å². The van der Waals surface area contributed by atoms with Crippen molar-refractivity contribution in [3.8, 4) is 0 Å². The molecule has 0 aliphatic rings. The van der Waals surface area contributed by atoms with Crippen LogP contribution in [0.2, 0.25) is 0 Å². The predicted molar refractivity (Wildman–Crippen MR) is 43.1 cm³/mol. The normalized spacial score (nSPS) is 10.4. The minimum atomic E-state index is 0.421. The van der Waals surface area contributed by atoms with Crippen LogP contribution in [0, 0.1) is 0 Å². The van der Waals surface area contributed by atoms with Gasteiger partial charge in [-0.25, -0.2) is 0 Å². The Hall–Kier alpha value is -0.791. The van der Waals surface area contributed by atoms with E-state index in [-0.39, 0.29) is 0 Å². The average Bonchev–Trinajstić information content (AvgIpc) is 2.36. The first-order valence-electron chi connectivity index (χ1n) is 2.95. The van der Waals surface area contributed by atoms with Crippen LogP contribution in [0.25, 0.3) is 9.78 Å². The maximum atomic E-state index is 5.69. The first-order chi connectivity index (χ1) is 4.88. The summed E-state index contributed by atoms with van der Waals surface area (Å²) in [5.41, 5.74) is 6.54. The van der Waals surface area contributed by atoms with Crippen molar-refractivity contribution in [2.75, 3.05) is 5.73 Å². The monoisotopic (exact) mass is 198 g/mol. The van der Waals surface area contributed by atoms with Crippen molar-refractivity contribution in [3.05, 3.63) is 23.3 Å². The summed E-state index contributed by atoms with van der Waals surface area (Å²) >= 11 is 0.421. The molecule has 3 heteroatoms. The van der Waals surface area contributed by atoms with E-state index in [1.165, 1.54) is 0 Å². The predicted octanol–water partition coefficient (Wildman–Crippen LogP) is 0.874. The number of pyridine rings is 1. The molecule has 0 aliphatic carbocycles. The molecule has 0 saturated carbocycles. The molecular formula is C7H6N2Se. The summed E-state index contributed by atoms with van der Waals surface area (Å²) in [7, 11) is 0. The van der Waals surface area contributed by atoms with Gasteiger partial charge in [0.15, 0.2) is 0 Å². The van der Waals surface area contributed by atoms with E-state index in [4.69, 9.17) is 5.73 Å². The molecule has 2 heterocycles. The van der Waals surface area contributed by atoms with Gasteiger partial charge in [-0.05, 0) is 0 Å². The van der Waals surface area contributed by atoms with Crippen molar-refractivity contribution in [1.82, 2.24) is 4.98 Å². The summed E-state index contributed by atoms with van der Waals surface area (Å²) in [5.74, 6) is 0. The van der Waals surface area contributed by atoms with Crippen LogP contribution in [0.15, 0.2) is 23.3 Å². The third kappa shape index (κ3) is 0.753. The van der Waals surface area contributed by atoms with Crippen molar-refractivity contribution < 1.29 is 0 Å². The summed E-state index contributed by atoms with van der Waals surface area (Å²) in [6, 6.07) is 3.89. The molecule has 0 spiro atoms. The van der Waals surface area contributed by atoms with Crippen LogP contribution in [0.3, 0.4) is 0 Å². The second-order valence-electron chi connectivity index (χ2n) is 2.04. The average molecular weight is 197 g/mol. The Bertz CT molecular complexity index is 353. The van der Waals surface area contributed by atoms with Crippen LogP contribution >= 0.6 is 0 Å². The van der Waals surface area contributed by atoms with Gasteiger partial charge in [-0.1, -0.05) is 0 Å². The fourth-order valence-electron chi connectivity index (χ4n) is 0.896. The molecule has 0 radical (unpaired) electrons. The van der Waals surface area contributed by atoms with Crippen molar-refractivity contribution in [2.45, 2.75) is 0 Å². The van der Waals surface area contributed by atoms with E-state index in [0.29, 0.717) is 14.5 Å². The van der Waals surface area contributed by atoms with Gasteiger partial charge in [-0.15, -0.1) is 0 Å². The van der Waals surface area contributed by atoms with Gasteiger partial charge in [-0.3, -0.25) is 0 Å². The summed E-state index contributed by atoms with van der Waals surface area (Å²) < 4.78 is 1.16. The number of rotatable bonds is 0. The van der Waals surface area contributed by atoms with Gasteiger partial charge in [0.05, 0.1) is 0 Å². The number of hydrogen-bond acceptors (Lipinski definition) is 2. The second kappa shape index (κ2) is 2.11. The summed E-state index contributed by atoms with van der Waals surface area (Å²) in [5, 5.41) is 1.13. The molecular weight excluding hydrogens is 191 g/mol. The van der Waals surface area contributed by atoms with E-state index in [1.54, 1.807) is 6.20 Å². The molecule has 0 unspecified atom stereocenters. The quantitative estimate of drug-likeness (QED) is 0.636. The van der Waals surface area contributed by atoms with Gasteiger partial charge >= 0.3 is 64.0 Å². The number of hydrogen-bond donors (Lipinski definition) is 1. The number of nitrogens with two attached hydrogens (primary N) is 1. The Balaban J connectivity index is 2.95. The summed E-state index contributed by atoms with van der Waals surface area (Å²) in [4.78, 5) is 6.35. The first-order valence-corrected chi connectivity index (χ1v) is 4.80. The summed E-state index contributed by atoms with van der Waals surface area (Å²) in [6.45, 7) is 0. The zero-order valence-corrected chi connectivity index (χ0v) is 6.96. The Morgan fingerprint density at radius 3 is 3.10 bits per heavy atom. The fourth-order valence-corrected chi connectivity index (χ4v) is 2.51. The Morgan fingerprint density at radius 1 is 1.40 bits per heavy atom. The number of anilines is 1. The zero-order chi connectivity index (χ0) is 6.97. The van der Waals surface area contributed by atoms with Gasteiger partial charge in [0, 0.05) is 0 Å². The van der Waals surface area contributed by atoms with E-state index >= 15 is 0 Å². The zero-order valence-electron chi connectivity index (χ0n) is 5.24. The molecule has 2 aromatic rings. The van der Waals surface area contributed by atoms with Gasteiger partial charge in [0.2, 0.25) is 0 Å². The molecule has 2 N–H and O–H groups in total. The van der Waals surface area contributed by atoms with E-state index in [2.05, 4.69) is 16.0 Å². The molecule has 0 saturated heterocycles. The van der Waals surface area contributed by atoms with Crippen LogP contribution in [0.1, 0.15) is 0 Å². The van der Waals surface area contributed by atoms with E-state index in [1.807, 2.05) is 6.07 Å². The second-order valence-corrected chi connectivity index (χ2v) is 3.92. The molecule has 0 amide bonds. The first kappa shape index (κ1) is 5.95. The maximum absolute atomic E-state index is 5.69. The van der Waals surface area contributed by atoms with Gasteiger partial charge in [-0.2, -0.15) is 0 Å². The number of nitrogen functional groups attached to an aromatic ring is 1. The molecule has 2 rings (SSSR count). The third-order valence-electron chi connectivity index (χ3n) is 1.40. The fraction of sp³-hybridized carbons (Fsp3) is 0. The Morgan fingerprint density at radius 2 is 2.30 bits per heavy atom. The molecule has 0 fully saturated rings. The van der Waals surface area contributed by atoms with Crippen molar-refractivity contribution in [1.29, 1.82) is 0 Å². The minimum absolute atomic E-state index is 0.421. The molecule has 50 valence electrons. The number of nitrogens with zero attached hydrogens (tertiary/aromatic N) is 1. The van der Waals surface area contributed by atoms with Crippen LogP contribution in [-0.2, 0) is 0 Å². The topological polar surface area (TPSA) is 38.9 Å². The van der Waals surface area contributed by atoms with Crippen LogP contribution in [0.5, 0.6) is 0 Å². The molecule has 0 bridgehead atoms. The Labute approximate surface area is 64.4 Å². The number of fused-ring (bicyclic) bond motifs is 1. The molecule has 0 aliphatic heterocycles. The standard InChI is InChI=1S/C7H6N2Se/c8-6-1-3-9-7-5(6)2-4-10-7/h1-4H,(H2,8,9). The van der Waals surface area contributed by atoms with E-state index in [0.717, 1.165) is 15.5 Å². The van der Waals surface area contributed by atoms with E-state index in [9.17, 15) is 0 Å². The van der Waals surface area contributed by atoms with E-state index < -0.39 is 0 Å². The molecule has 2 nitrogen and oxygen atoms in total.